The van der Waals surface area contributed by atoms with Crippen molar-refractivity contribution in [3.05, 3.63) is 29.8 Å². The molecule has 0 heterocycles. The SMILES string of the molecule is CNC(=S)N/N=C/c1ccc(OC(F)F)cc1. The highest BCUT2D eigenvalue weighted by atomic mass is 32.1. The van der Waals surface area contributed by atoms with Crippen molar-refractivity contribution in [1.82, 2.24) is 10.7 Å². The van der Waals surface area contributed by atoms with Crippen LogP contribution in [0.4, 0.5) is 8.78 Å². The zero-order valence-corrected chi connectivity index (χ0v) is 9.80. The Kier molecular flexibility index (Phi) is 5.28. The Labute approximate surface area is 103 Å². The molecule has 17 heavy (non-hydrogen) atoms. The Morgan fingerprint density at radius 2 is 2.06 bits per heavy atom. The molecule has 0 aromatic heterocycles. The smallest absolute Gasteiger partial charge is 0.387 e. The average Bonchev–Trinajstić information content (AvgIpc) is 2.30. The number of hydrogen-bond acceptors (Lipinski definition) is 3. The number of nitrogens with one attached hydrogen (secondary N) is 2. The van der Waals surface area contributed by atoms with E-state index < -0.39 is 6.61 Å². The number of ether oxygens (including phenoxy) is 1. The predicted octanol–water partition coefficient (Wildman–Crippen LogP) is 1.72. The molecule has 0 unspecified atom stereocenters. The lowest BCUT2D eigenvalue weighted by Gasteiger charge is -2.03. The normalized spacial score (nSPS) is 10.6. The van der Waals surface area contributed by atoms with Crippen molar-refractivity contribution in [3.8, 4) is 5.75 Å². The van der Waals surface area contributed by atoms with Crippen molar-refractivity contribution in [2.45, 2.75) is 6.61 Å². The third-order valence-electron chi connectivity index (χ3n) is 1.71. The first-order valence-electron chi connectivity index (χ1n) is 4.67. The van der Waals surface area contributed by atoms with E-state index in [1.165, 1.54) is 18.3 Å². The van der Waals surface area contributed by atoms with Gasteiger partial charge in [-0.2, -0.15) is 13.9 Å². The van der Waals surface area contributed by atoms with Crippen molar-refractivity contribution in [3.63, 3.8) is 0 Å². The summed E-state index contributed by atoms with van der Waals surface area (Å²) in [5, 5.41) is 6.91. The molecular formula is C10H11F2N3OS. The van der Waals surface area contributed by atoms with Gasteiger partial charge in [0.15, 0.2) is 5.11 Å². The van der Waals surface area contributed by atoms with Gasteiger partial charge in [-0.25, -0.2) is 0 Å². The van der Waals surface area contributed by atoms with Crippen LogP contribution in [0.1, 0.15) is 5.56 Å². The molecule has 0 bridgehead atoms. The molecule has 0 spiro atoms. The van der Waals surface area contributed by atoms with Crippen LogP contribution < -0.4 is 15.5 Å². The maximum atomic E-state index is 11.9. The Balaban J connectivity index is 2.53. The van der Waals surface area contributed by atoms with Crippen LogP contribution in [0.15, 0.2) is 29.4 Å². The first-order chi connectivity index (χ1) is 8.11. The summed E-state index contributed by atoms with van der Waals surface area (Å²) in [5.41, 5.74) is 3.30. The predicted molar refractivity (Wildman–Crippen MR) is 65.5 cm³/mol. The Morgan fingerprint density at radius 1 is 1.41 bits per heavy atom. The van der Waals surface area contributed by atoms with Crippen molar-refractivity contribution in [2.75, 3.05) is 7.05 Å². The molecule has 0 saturated carbocycles. The van der Waals surface area contributed by atoms with Gasteiger partial charge in [-0.05, 0) is 42.0 Å². The van der Waals surface area contributed by atoms with Crippen LogP contribution >= 0.6 is 12.2 Å². The monoisotopic (exact) mass is 259 g/mol. The fourth-order valence-corrected chi connectivity index (χ4v) is 1.01. The zero-order chi connectivity index (χ0) is 12.7. The van der Waals surface area contributed by atoms with Gasteiger partial charge in [0.05, 0.1) is 6.21 Å². The molecule has 1 rings (SSSR count). The summed E-state index contributed by atoms with van der Waals surface area (Å²) in [6, 6.07) is 6.07. The fraction of sp³-hybridized carbons (Fsp3) is 0.200. The van der Waals surface area contributed by atoms with E-state index in [0.29, 0.717) is 5.11 Å². The highest BCUT2D eigenvalue weighted by Crippen LogP contribution is 2.13. The quantitative estimate of drug-likeness (QED) is 0.491. The highest BCUT2D eigenvalue weighted by molar-refractivity contribution is 7.80. The fourth-order valence-electron chi connectivity index (χ4n) is 0.957. The molecule has 0 amide bonds. The summed E-state index contributed by atoms with van der Waals surface area (Å²) in [6.07, 6.45) is 1.51. The summed E-state index contributed by atoms with van der Waals surface area (Å²) >= 11 is 4.80. The van der Waals surface area contributed by atoms with Crippen LogP contribution in [0.3, 0.4) is 0 Å². The molecule has 0 aliphatic rings. The molecule has 4 nitrogen and oxygen atoms in total. The second kappa shape index (κ2) is 6.74. The number of alkyl halides is 2. The summed E-state index contributed by atoms with van der Waals surface area (Å²) in [4.78, 5) is 0. The molecule has 1 aromatic carbocycles. The minimum atomic E-state index is -2.82. The standard InChI is InChI=1S/C10H11F2N3OS/c1-13-10(17)15-14-6-7-2-4-8(5-3-7)16-9(11)12/h2-6,9H,1H3,(H2,13,15,17)/b14-6+. The Morgan fingerprint density at radius 3 is 2.59 bits per heavy atom. The van der Waals surface area contributed by atoms with Crippen LogP contribution in [-0.4, -0.2) is 25.0 Å². The first kappa shape index (κ1) is 13.3. The third-order valence-corrected chi connectivity index (χ3v) is 2.01. The second-order valence-electron chi connectivity index (χ2n) is 2.90. The summed E-state index contributed by atoms with van der Waals surface area (Å²) < 4.78 is 27.9. The van der Waals surface area contributed by atoms with Crippen molar-refractivity contribution >= 4 is 23.5 Å². The van der Waals surface area contributed by atoms with Crippen molar-refractivity contribution < 1.29 is 13.5 Å². The number of thiocarbonyl (C=S) groups is 1. The molecule has 1 aromatic rings. The van der Waals surface area contributed by atoms with E-state index in [2.05, 4.69) is 20.6 Å². The lowest BCUT2D eigenvalue weighted by molar-refractivity contribution is -0.0498. The molecule has 0 aliphatic heterocycles. The maximum Gasteiger partial charge on any atom is 0.387 e. The summed E-state index contributed by atoms with van der Waals surface area (Å²) in [6.45, 7) is -2.82. The summed E-state index contributed by atoms with van der Waals surface area (Å²) in [7, 11) is 1.67. The second-order valence-corrected chi connectivity index (χ2v) is 3.30. The van der Waals surface area contributed by atoms with Gasteiger partial charge in [-0.3, -0.25) is 5.43 Å². The van der Waals surface area contributed by atoms with E-state index in [-0.39, 0.29) is 5.75 Å². The molecule has 0 saturated heterocycles. The van der Waals surface area contributed by atoms with E-state index in [9.17, 15) is 8.78 Å². The van der Waals surface area contributed by atoms with E-state index in [4.69, 9.17) is 12.2 Å². The van der Waals surface area contributed by atoms with Crippen molar-refractivity contribution in [2.24, 2.45) is 5.10 Å². The number of hydrogen-bond donors (Lipinski definition) is 2. The number of hydrazone groups is 1. The van der Waals surface area contributed by atoms with Gasteiger partial charge >= 0.3 is 6.61 Å². The number of halogens is 2. The van der Waals surface area contributed by atoms with Crippen molar-refractivity contribution in [1.29, 1.82) is 0 Å². The van der Waals surface area contributed by atoms with Crippen LogP contribution in [0.5, 0.6) is 5.75 Å². The number of nitrogens with zero attached hydrogens (tertiary/aromatic N) is 1. The maximum absolute atomic E-state index is 11.9. The zero-order valence-electron chi connectivity index (χ0n) is 8.98. The summed E-state index contributed by atoms with van der Waals surface area (Å²) in [5.74, 6) is 0.107. The van der Waals surface area contributed by atoms with Gasteiger partial charge in [0.2, 0.25) is 0 Å². The third kappa shape index (κ3) is 5.21. The van der Waals surface area contributed by atoms with E-state index in [1.54, 1.807) is 19.2 Å². The van der Waals surface area contributed by atoms with Gasteiger partial charge in [0.1, 0.15) is 5.75 Å². The molecule has 92 valence electrons. The first-order valence-corrected chi connectivity index (χ1v) is 5.08. The van der Waals surface area contributed by atoms with Crippen LogP contribution in [0.2, 0.25) is 0 Å². The molecule has 2 N–H and O–H groups in total. The van der Waals surface area contributed by atoms with Gasteiger partial charge in [0, 0.05) is 7.05 Å². The topological polar surface area (TPSA) is 45.7 Å². The minimum Gasteiger partial charge on any atom is -0.435 e. The van der Waals surface area contributed by atoms with Gasteiger partial charge in [-0.15, -0.1) is 0 Å². The van der Waals surface area contributed by atoms with Gasteiger partial charge < -0.3 is 10.1 Å². The minimum absolute atomic E-state index is 0.107. The van der Waals surface area contributed by atoms with E-state index in [1.807, 2.05) is 0 Å². The molecule has 0 aliphatic carbocycles. The van der Waals surface area contributed by atoms with Crippen LogP contribution in [0.25, 0.3) is 0 Å². The molecule has 7 heteroatoms. The molecular weight excluding hydrogens is 248 g/mol. The molecule has 0 fully saturated rings. The molecule has 0 radical (unpaired) electrons. The average molecular weight is 259 g/mol. The van der Waals surface area contributed by atoms with Crippen LogP contribution in [0, 0.1) is 0 Å². The van der Waals surface area contributed by atoms with Gasteiger partial charge in [-0.1, -0.05) is 0 Å². The number of rotatable bonds is 4. The lowest BCUT2D eigenvalue weighted by Crippen LogP contribution is -2.28. The van der Waals surface area contributed by atoms with Gasteiger partial charge in [0.25, 0.3) is 0 Å². The van der Waals surface area contributed by atoms with E-state index in [0.717, 1.165) is 5.56 Å². The number of benzene rings is 1. The van der Waals surface area contributed by atoms with E-state index >= 15 is 0 Å². The molecule has 0 atom stereocenters. The Bertz CT molecular complexity index is 395. The largest absolute Gasteiger partial charge is 0.435 e. The lowest BCUT2D eigenvalue weighted by atomic mass is 10.2. The Hall–Kier alpha value is -1.76. The van der Waals surface area contributed by atoms with Crippen LogP contribution in [-0.2, 0) is 0 Å². The highest BCUT2D eigenvalue weighted by Gasteiger charge is 2.02.